The molecule has 6 nitrogen and oxygen atoms in total. The quantitative estimate of drug-likeness (QED) is 0.730. The molecule has 1 N–H and O–H groups in total. The Balaban J connectivity index is 1.75. The van der Waals surface area contributed by atoms with E-state index in [-0.39, 0.29) is 23.3 Å². The molecule has 0 radical (unpaired) electrons. The number of hydrogen-bond acceptors (Lipinski definition) is 5. The van der Waals surface area contributed by atoms with Crippen molar-refractivity contribution in [1.82, 2.24) is 0 Å². The summed E-state index contributed by atoms with van der Waals surface area (Å²) in [6.07, 6.45) is 4.37. The van der Waals surface area contributed by atoms with Crippen LogP contribution >= 0.6 is 0 Å². The van der Waals surface area contributed by atoms with E-state index >= 15 is 0 Å². The maximum absolute atomic E-state index is 12.4. The Bertz CT molecular complexity index is 664. The van der Waals surface area contributed by atoms with Gasteiger partial charge < -0.3 is 25.1 Å². The topological polar surface area (TPSA) is 109 Å². The summed E-state index contributed by atoms with van der Waals surface area (Å²) in [7, 11) is 0. The zero-order valence-corrected chi connectivity index (χ0v) is 11.5. The highest BCUT2D eigenvalue weighted by Gasteiger charge is 2.48. The van der Waals surface area contributed by atoms with Crippen molar-refractivity contribution >= 4 is 23.5 Å². The molecule has 2 aliphatic rings. The average Bonchev–Trinajstić information content (AvgIpc) is 3.08. The number of aromatic carboxylic acids is 1. The van der Waals surface area contributed by atoms with E-state index in [1.54, 1.807) is 0 Å². The number of carboxylic acids is 2. The van der Waals surface area contributed by atoms with Crippen LogP contribution in [0.2, 0.25) is 0 Å². The standard InChI is InChI=1S/C16H15NO5/c18-14(17-11-5-3-8(4-6-11)15(19)20)12-9-1-2-10(7-9)13(12)16(21)22/h1-6,9-10,12-13H,7H2,(H,17,18)(H,19,20)(H,21,22)/p-2/t9-,10+,12+,13+/m1/s1. The number of benzene rings is 1. The molecule has 2 aliphatic carbocycles. The number of fused-ring (bicyclic) bond motifs is 2. The van der Waals surface area contributed by atoms with Crippen LogP contribution in [0, 0.1) is 23.7 Å². The minimum Gasteiger partial charge on any atom is -0.550 e. The van der Waals surface area contributed by atoms with Gasteiger partial charge in [0.2, 0.25) is 5.91 Å². The molecule has 114 valence electrons. The van der Waals surface area contributed by atoms with Crippen LogP contribution in [0.5, 0.6) is 0 Å². The first-order valence-corrected chi connectivity index (χ1v) is 6.99. The summed E-state index contributed by atoms with van der Waals surface area (Å²) in [6.45, 7) is 0. The number of amides is 1. The van der Waals surface area contributed by atoms with Gasteiger partial charge in [-0.1, -0.05) is 24.3 Å². The molecular weight excluding hydrogens is 286 g/mol. The molecule has 3 rings (SSSR count). The van der Waals surface area contributed by atoms with E-state index in [0.717, 1.165) is 0 Å². The third kappa shape index (κ3) is 2.36. The number of hydrogen-bond donors (Lipinski definition) is 1. The molecular formula is C16H13NO5-2. The first-order valence-electron chi connectivity index (χ1n) is 6.99. The number of nitrogens with one attached hydrogen (secondary N) is 1. The zero-order valence-electron chi connectivity index (χ0n) is 11.5. The highest BCUT2D eigenvalue weighted by molar-refractivity contribution is 5.96. The van der Waals surface area contributed by atoms with Gasteiger partial charge in [0.05, 0.1) is 11.9 Å². The van der Waals surface area contributed by atoms with Crippen molar-refractivity contribution in [2.24, 2.45) is 23.7 Å². The smallest absolute Gasteiger partial charge is 0.228 e. The van der Waals surface area contributed by atoms with Crippen molar-refractivity contribution in [2.45, 2.75) is 6.42 Å². The normalized spacial score (nSPS) is 28.5. The van der Waals surface area contributed by atoms with Crippen molar-refractivity contribution in [2.75, 3.05) is 5.32 Å². The van der Waals surface area contributed by atoms with Gasteiger partial charge in [-0.25, -0.2) is 0 Å². The van der Waals surface area contributed by atoms with Crippen molar-refractivity contribution in [1.29, 1.82) is 0 Å². The van der Waals surface area contributed by atoms with E-state index in [2.05, 4.69) is 5.32 Å². The number of carboxylic acid groups (broad SMARTS) is 2. The largest absolute Gasteiger partial charge is 0.550 e. The molecule has 0 saturated heterocycles. The van der Waals surface area contributed by atoms with Crippen LogP contribution in [-0.2, 0) is 9.59 Å². The summed E-state index contributed by atoms with van der Waals surface area (Å²) < 4.78 is 0. The second-order valence-electron chi connectivity index (χ2n) is 5.67. The summed E-state index contributed by atoms with van der Waals surface area (Å²) in [4.78, 5) is 34.3. The molecule has 22 heavy (non-hydrogen) atoms. The average molecular weight is 299 g/mol. The number of aliphatic carboxylic acids is 1. The fraction of sp³-hybridized carbons (Fsp3) is 0.312. The first-order chi connectivity index (χ1) is 10.5. The SMILES string of the molecule is O=C([O-])c1ccc(NC(=O)[C@@H]2[C@@H](C(=O)[O-])[C@H]3C=C[C@@H]2C3)cc1. The summed E-state index contributed by atoms with van der Waals surface area (Å²) in [5.41, 5.74) is 0.423. The Kier molecular flexibility index (Phi) is 3.44. The van der Waals surface area contributed by atoms with Crippen molar-refractivity contribution in [3.8, 4) is 0 Å². The van der Waals surface area contributed by atoms with Crippen molar-refractivity contribution in [3.05, 3.63) is 42.0 Å². The van der Waals surface area contributed by atoms with Crippen LogP contribution in [0.1, 0.15) is 16.8 Å². The van der Waals surface area contributed by atoms with Crippen LogP contribution < -0.4 is 15.5 Å². The van der Waals surface area contributed by atoms with Gasteiger partial charge in [-0.05, 0) is 36.0 Å². The number of allylic oxidation sites excluding steroid dienone is 2. The fourth-order valence-corrected chi connectivity index (χ4v) is 3.42. The molecule has 0 heterocycles. The Morgan fingerprint density at radius 2 is 1.55 bits per heavy atom. The molecule has 1 saturated carbocycles. The van der Waals surface area contributed by atoms with Gasteiger partial charge in [0.15, 0.2) is 0 Å². The van der Waals surface area contributed by atoms with E-state index < -0.39 is 23.8 Å². The van der Waals surface area contributed by atoms with Gasteiger partial charge in [-0.2, -0.15) is 0 Å². The monoisotopic (exact) mass is 299 g/mol. The Morgan fingerprint density at radius 3 is 2.09 bits per heavy atom. The van der Waals surface area contributed by atoms with Crippen molar-refractivity contribution < 1.29 is 24.6 Å². The van der Waals surface area contributed by atoms with E-state index in [0.29, 0.717) is 12.1 Å². The minimum absolute atomic E-state index is 0.00784. The lowest BCUT2D eigenvalue weighted by molar-refractivity contribution is -0.313. The summed E-state index contributed by atoms with van der Waals surface area (Å²) in [6, 6.07) is 5.53. The summed E-state index contributed by atoms with van der Waals surface area (Å²) in [5.74, 6) is -4.58. The van der Waals surface area contributed by atoms with Gasteiger partial charge in [-0.15, -0.1) is 0 Å². The van der Waals surface area contributed by atoms with Crippen LogP contribution in [-0.4, -0.2) is 17.8 Å². The molecule has 6 heteroatoms. The molecule has 0 unspecified atom stereocenters. The molecule has 1 fully saturated rings. The second-order valence-corrected chi connectivity index (χ2v) is 5.67. The zero-order chi connectivity index (χ0) is 15.9. The lowest BCUT2D eigenvalue weighted by atomic mass is 9.82. The van der Waals surface area contributed by atoms with Crippen LogP contribution in [0.3, 0.4) is 0 Å². The maximum Gasteiger partial charge on any atom is 0.228 e. The second kappa shape index (κ2) is 5.29. The predicted molar refractivity (Wildman–Crippen MR) is 72.1 cm³/mol. The molecule has 4 atom stereocenters. The predicted octanol–water partition coefficient (Wildman–Crippen LogP) is -0.823. The van der Waals surface area contributed by atoms with Gasteiger partial charge >= 0.3 is 0 Å². The highest BCUT2D eigenvalue weighted by Crippen LogP contribution is 2.48. The Morgan fingerprint density at radius 1 is 0.955 bits per heavy atom. The molecule has 2 bridgehead atoms. The van der Waals surface area contributed by atoms with Crippen LogP contribution in [0.4, 0.5) is 5.69 Å². The minimum atomic E-state index is -1.30. The Labute approximate surface area is 126 Å². The van der Waals surface area contributed by atoms with Gasteiger partial charge in [0.1, 0.15) is 0 Å². The Hall–Kier alpha value is -2.63. The van der Waals surface area contributed by atoms with Gasteiger partial charge in [0.25, 0.3) is 0 Å². The van der Waals surface area contributed by atoms with Crippen LogP contribution in [0.15, 0.2) is 36.4 Å². The molecule has 0 spiro atoms. The molecule has 0 aliphatic heterocycles. The molecule has 1 amide bonds. The third-order valence-corrected chi connectivity index (χ3v) is 4.42. The van der Waals surface area contributed by atoms with Gasteiger partial charge in [0, 0.05) is 17.6 Å². The maximum atomic E-state index is 12.4. The first kappa shape index (κ1) is 14.3. The van der Waals surface area contributed by atoms with E-state index in [4.69, 9.17) is 0 Å². The number of anilines is 1. The van der Waals surface area contributed by atoms with E-state index in [9.17, 15) is 24.6 Å². The van der Waals surface area contributed by atoms with E-state index in [1.807, 2.05) is 12.2 Å². The lowest BCUT2D eigenvalue weighted by Crippen LogP contribution is -2.42. The molecule has 1 aromatic carbocycles. The number of rotatable bonds is 4. The molecule has 1 aromatic rings. The van der Waals surface area contributed by atoms with Gasteiger partial charge in [-0.3, -0.25) is 4.79 Å². The van der Waals surface area contributed by atoms with Crippen molar-refractivity contribution in [3.63, 3.8) is 0 Å². The lowest BCUT2D eigenvalue weighted by Gasteiger charge is -2.27. The summed E-state index contributed by atoms with van der Waals surface area (Å²) in [5, 5.41) is 24.6. The third-order valence-electron chi connectivity index (χ3n) is 4.42. The number of carbonyl (C=O) groups is 3. The summed E-state index contributed by atoms with van der Waals surface area (Å²) >= 11 is 0. The fourth-order valence-electron chi connectivity index (χ4n) is 3.42. The van der Waals surface area contributed by atoms with Crippen LogP contribution in [0.25, 0.3) is 0 Å². The number of carbonyl (C=O) groups excluding carboxylic acids is 3. The molecule has 0 aromatic heterocycles. The highest BCUT2D eigenvalue weighted by atomic mass is 16.4. The van der Waals surface area contributed by atoms with E-state index in [1.165, 1.54) is 24.3 Å².